The fourth-order valence-electron chi connectivity index (χ4n) is 4.11. The molecule has 2 aromatic carbocycles. The van der Waals surface area contributed by atoms with Crippen LogP contribution in [0.25, 0.3) is 21.6 Å². The SMILES string of the molecule is Cc1ccc(-c2nc(C)c(NC(=O)OCc3ccc4c(c3)nc3n4CCC3)s2)c(C)c1. The van der Waals surface area contributed by atoms with Crippen molar-refractivity contribution >= 4 is 33.5 Å². The number of nitrogens with zero attached hydrogens (tertiary/aromatic N) is 3. The van der Waals surface area contributed by atoms with Crippen molar-refractivity contribution in [3.8, 4) is 10.6 Å². The predicted molar refractivity (Wildman–Crippen MR) is 124 cm³/mol. The molecular weight excluding hydrogens is 408 g/mol. The summed E-state index contributed by atoms with van der Waals surface area (Å²) in [5, 5.41) is 4.45. The summed E-state index contributed by atoms with van der Waals surface area (Å²) in [4.78, 5) is 21.7. The lowest BCUT2D eigenvalue weighted by Gasteiger charge is -2.06. The number of fused-ring (bicyclic) bond motifs is 3. The molecule has 0 radical (unpaired) electrons. The number of imidazole rings is 1. The van der Waals surface area contributed by atoms with Gasteiger partial charge in [0.1, 0.15) is 22.4 Å². The maximum Gasteiger partial charge on any atom is 0.412 e. The highest BCUT2D eigenvalue weighted by molar-refractivity contribution is 7.19. The smallest absolute Gasteiger partial charge is 0.412 e. The van der Waals surface area contributed by atoms with Gasteiger partial charge in [0.15, 0.2) is 0 Å². The second kappa shape index (κ2) is 7.81. The molecule has 31 heavy (non-hydrogen) atoms. The summed E-state index contributed by atoms with van der Waals surface area (Å²) in [6, 6.07) is 12.4. The number of carbonyl (C=O) groups is 1. The average Bonchev–Trinajstić information content (AvgIpc) is 3.41. The zero-order chi connectivity index (χ0) is 21.5. The number of hydrogen-bond acceptors (Lipinski definition) is 5. The van der Waals surface area contributed by atoms with Crippen LogP contribution >= 0.6 is 11.3 Å². The molecule has 1 N–H and O–H groups in total. The molecule has 6 nitrogen and oxygen atoms in total. The first-order valence-corrected chi connectivity index (χ1v) is 11.3. The van der Waals surface area contributed by atoms with Gasteiger partial charge in [-0.25, -0.2) is 14.8 Å². The Bertz CT molecular complexity index is 1300. The number of amides is 1. The first-order valence-electron chi connectivity index (χ1n) is 10.4. The van der Waals surface area contributed by atoms with Crippen LogP contribution in [0.2, 0.25) is 0 Å². The largest absolute Gasteiger partial charge is 0.444 e. The normalized spacial score (nSPS) is 12.9. The van der Waals surface area contributed by atoms with E-state index in [0.29, 0.717) is 5.00 Å². The molecule has 0 aliphatic carbocycles. The van der Waals surface area contributed by atoms with Crippen molar-refractivity contribution in [2.24, 2.45) is 0 Å². The molecule has 0 atom stereocenters. The Hall–Kier alpha value is -3.19. The van der Waals surface area contributed by atoms with Crippen molar-refractivity contribution in [3.05, 3.63) is 64.6 Å². The molecule has 0 spiro atoms. The van der Waals surface area contributed by atoms with Crippen LogP contribution in [0, 0.1) is 20.8 Å². The molecule has 5 rings (SSSR count). The van der Waals surface area contributed by atoms with Crippen molar-refractivity contribution in [1.29, 1.82) is 0 Å². The lowest BCUT2D eigenvalue weighted by molar-refractivity contribution is 0.155. The Morgan fingerprint density at radius 3 is 2.87 bits per heavy atom. The van der Waals surface area contributed by atoms with Gasteiger partial charge in [0.25, 0.3) is 0 Å². The first-order chi connectivity index (χ1) is 15.0. The molecular formula is C24H24N4O2S. The monoisotopic (exact) mass is 432 g/mol. The van der Waals surface area contributed by atoms with E-state index in [2.05, 4.69) is 53.0 Å². The molecule has 0 fully saturated rings. The predicted octanol–water partition coefficient (Wildman–Crippen LogP) is 5.78. The van der Waals surface area contributed by atoms with E-state index in [0.717, 1.165) is 58.1 Å². The summed E-state index contributed by atoms with van der Waals surface area (Å²) >= 11 is 1.46. The third kappa shape index (κ3) is 3.81. The van der Waals surface area contributed by atoms with Gasteiger partial charge in [-0.1, -0.05) is 41.2 Å². The minimum Gasteiger partial charge on any atom is -0.444 e. The van der Waals surface area contributed by atoms with E-state index >= 15 is 0 Å². The number of hydrogen-bond donors (Lipinski definition) is 1. The molecule has 2 aromatic heterocycles. The lowest BCUT2D eigenvalue weighted by atomic mass is 10.1. The summed E-state index contributed by atoms with van der Waals surface area (Å²) in [5.74, 6) is 1.14. The van der Waals surface area contributed by atoms with Crippen molar-refractivity contribution in [2.75, 3.05) is 5.32 Å². The van der Waals surface area contributed by atoms with Crippen LogP contribution in [0.4, 0.5) is 9.80 Å². The highest BCUT2D eigenvalue weighted by Gasteiger charge is 2.17. The molecule has 3 heterocycles. The van der Waals surface area contributed by atoms with E-state index in [-0.39, 0.29) is 6.61 Å². The quantitative estimate of drug-likeness (QED) is 0.444. The minimum absolute atomic E-state index is 0.200. The Morgan fingerprint density at radius 1 is 1.16 bits per heavy atom. The number of aryl methyl sites for hydroxylation is 5. The summed E-state index contributed by atoms with van der Waals surface area (Å²) in [6.45, 7) is 7.27. The van der Waals surface area contributed by atoms with Crippen molar-refractivity contribution < 1.29 is 9.53 Å². The zero-order valence-corrected chi connectivity index (χ0v) is 18.7. The van der Waals surface area contributed by atoms with Gasteiger partial charge in [-0.15, -0.1) is 0 Å². The lowest BCUT2D eigenvalue weighted by Crippen LogP contribution is -2.13. The average molecular weight is 433 g/mol. The third-order valence-corrected chi connectivity index (χ3v) is 6.77. The Balaban J connectivity index is 1.26. The van der Waals surface area contributed by atoms with Crippen LogP contribution < -0.4 is 5.32 Å². The molecule has 0 unspecified atom stereocenters. The van der Waals surface area contributed by atoms with Gasteiger partial charge in [0.05, 0.1) is 16.7 Å². The van der Waals surface area contributed by atoms with Gasteiger partial charge in [-0.3, -0.25) is 5.32 Å². The van der Waals surface area contributed by atoms with E-state index in [1.165, 1.54) is 22.5 Å². The second-order valence-electron chi connectivity index (χ2n) is 8.06. The minimum atomic E-state index is -0.480. The molecule has 0 bridgehead atoms. The number of ether oxygens (including phenoxy) is 1. The van der Waals surface area contributed by atoms with Gasteiger partial charge >= 0.3 is 6.09 Å². The fourth-order valence-corrected chi connectivity index (χ4v) is 5.15. The van der Waals surface area contributed by atoms with Crippen molar-refractivity contribution in [1.82, 2.24) is 14.5 Å². The number of thiazole rings is 1. The second-order valence-corrected chi connectivity index (χ2v) is 9.06. The summed E-state index contributed by atoms with van der Waals surface area (Å²) in [6.07, 6.45) is 1.71. The van der Waals surface area contributed by atoms with Crippen molar-refractivity contribution in [2.45, 2.75) is 46.8 Å². The number of rotatable bonds is 4. The molecule has 7 heteroatoms. The molecule has 0 saturated heterocycles. The zero-order valence-electron chi connectivity index (χ0n) is 17.9. The van der Waals surface area contributed by atoms with Gasteiger partial charge in [-0.2, -0.15) is 0 Å². The molecule has 1 amide bonds. The van der Waals surface area contributed by atoms with Crippen LogP contribution in [-0.2, 0) is 24.3 Å². The molecule has 4 aromatic rings. The number of carbonyl (C=O) groups excluding carboxylic acids is 1. The van der Waals surface area contributed by atoms with Crippen LogP contribution in [0.5, 0.6) is 0 Å². The summed E-state index contributed by atoms with van der Waals surface area (Å²) in [7, 11) is 0. The molecule has 1 aliphatic rings. The molecule has 158 valence electrons. The van der Waals surface area contributed by atoms with Gasteiger partial charge < -0.3 is 9.30 Å². The standard InChI is InChI=1S/C24H24N4O2S/c1-14-6-8-18(15(2)11-14)23-25-16(3)22(31-23)27-24(29)30-13-17-7-9-20-19(12-17)26-21-5-4-10-28(20)21/h6-9,11-12H,4-5,10,13H2,1-3H3,(H,27,29). The van der Waals surface area contributed by atoms with Gasteiger partial charge in [0, 0.05) is 18.5 Å². The Morgan fingerprint density at radius 2 is 2.03 bits per heavy atom. The van der Waals surface area contributed by atoms with Crippen LogP contribution in [-0.4, -0.2) is 20.6 Å². The van der Waals surface area contributed by atoms with Crippen LogP contribution in [0.3, 0.4) is 0 Å². The van der Waals surface area contributed by atoms with E-state index in [9.17, 15) is 4.79 Å². The summed E-state index contributed by atoms with van der Waals surface area (Å²) < 4.78 is 7.73. The summed E-state index contributed by atoms with van der Waals surface area (Å²) in [5.41, 5.74) is 7.30. The fraction of sp³-hybridized carbons (Fsp3) is 0.292. The van der Waals surface area contributed by atoms with E-state index in [1.807, 2.05) is 19.1 Å². The highest BCUT2D eigenvalue weighted by atomic mass is 32.1. The Labute approximate surface area is 184 Å². The molecule has 0 saturated carbocycles. The first kappa shape index (κ1) is 19.8. The topological polar surface area (TPSA) is 69.0 Å². The van der Waals surface area contributed by atoms with E-state index < -0.39 is 6.09 Å². The number of benzene rings is 2. The van der Waals surface area contributed by atoms with E-state index in [4.69, 9.17) is 9.72 Å². The number of anilines is 1. The number of aromatic nitrogens is 3. The van der Waals surface area contributed by atoms with Crippen LogP contribution in [0.15, 0.2) is 36.4 Å². The Kier molecular flexibility index (Phi) is 4.98. The van der Waals surface area contributed by atoms with Gasteiger partial charge in [-0.05, 0) is 50.5 Å². The third-order valence-electron chi connectivity index (χ3n) is 5.67. The highest BCUT2D eigenvalue weighted by Crippen LogP contribution is 2.34. The molecule has 1 aliphatic heterocycles. The number of nitrogens with one attached hydrogen (secondary N) is 1. The maximum absolute atomic E-state index is 12.4. The maximum atomic E-state index is 12.4. The van der Waals surface area contributed by atoms with Crippen LogP contribution in [0.1, 0.15) is 34.6 Å². The van der Waals surface area contributed by atoms with Crippen molar-refractivity contribution in [3.63, 3.8) is 0 Å². The van der Waals surface area contributed by atoms with E-state index in [1.54, 1.807) is 0 Å². The van der Waals surface area contributed by atoms with Gasteiger partial charge in [0.2, 0.25) is 0 Å².